The largest absolute Gasteiger partial charge is 0.305 e. The predicted octanol–water partition coefficient (Wildman–Crippen LogP) is 4.12. The Kier molecular flexibility index (Phi) is 4.71. The van der Waals surface area contributed by atoms with Crippen molar-refractivity contribution in [2.45, 2.75) is 13.6 Å². The second-order valence-corrected chi connectivity index (χ2v) is 6.30. The molecule has 2 aromatic heterocycles. The topological polar surface area (TPSA) is 72.7 Å². The Balaban J connectivity index is 1.65. The summed E-state index contributed by atoms with van der Waals surface area (Å²) in [5.74, 6) is -2.53. The second kappa shape index (κ2) is 7.34. The zero-order valence-electron chi connectivity index (χ0n) is 15.2. The van der Waals surface area contributed by atoms with Crippen molar-refractivity contribution < 1.29 is 18.0 Å². The van der Waals surface area contributed by atoms with Gasteiger partial charge in [0, 0.05) is 0 Å². The normalized spacial score (nSPS) is 11.0. The highest BCUT2D eigenvalue weighted by Crippen LogP contribution is 2.22. The molecule has 4 rings (SSSR count). The number of fused-ring (bicyclic) bond motifs is 1. The van der Waals surface area contributed by atoms with Crippen LogP contribution in [-0.2, 0) is 6.67 Å². The smallest absolute Gasteiger partial charge is 0.262 e. The molecule has 0 spiro atoms. The second-order valence-electron chi connectivity index (χ2n) is 6.30. The Morgan fingerprint density at radius 3 is 2.52 bits per heavy atom. The van der Waals surface area contributed by atoms with E-state index >= 15 is 0 Å². The summed E-state index contributed by atoms with van der Waals surface area (Å²) in [6.07, 6.45) is 2.53. The molecule has 0 saturated carbocycles. The zero-order valence-corrected chi connectivity index (χ0v) is 15.2. The van der Waals surface area contributed by atoms with Crippen molar-refractivity contribution in [2.75, 3.05) is 5.32 Å². The van der Waals surface area contributed by atoms with E-state index in [1.54, 1.807) is 6.07 Å². The summed E-state index contributed by atoms with van der Waals surface area (Å²) in [6.45, 7) is 1.10. The minimum absolute atomic E-state index is 0.0107. The third kappa shape index (κ3) is 3.42. The first-order chi connectivity index (χ1) is 14.0. The molecule has 146 valence electrons. The SMILES string of the molecule is Cc1ccc2c(c1)nc(CF)n2-c1cnc(NC(=O)c2c(F)cccc2F)cn1. The first-order valence-corrected chi connectivity index (χ1v) is 8.59. The maximum absolute atomic E-state index is 13.7. The summed E-state index contributed by atoms with van der Waals surface area (Å²) in [4.78, 5) is 24.7. The first-order valence-electron chi connectivity index (χ1n) is 8.59. The molecule has 0 fully saturated rings. The lowest BCUT2D eigenvalue weighted by atomic mass is 10.2. The van der Waals surface area contributed by atoms with E-state index in [0.29, 0.717) is 16.9 Å². The minimum atomic E-state index is -0.990. The van der Waals surface area contributed by atoms with Gasteiger partial charge in [0.1, 0.15) is 29.7 Å². The summed E-state index contributed by atoms with van der Waals surface area (Å²) in [5.41, 5.74) is 1.54. The number of hydrogen-bond acceptors (Lipinski definition) is 4. The third-order valence-electron chi connectivity index (χ3n) is 4.30. The van der Waals surface area contributed by atoms with E-state index in [0.717, 1.165) is 23.8 Å². The fraction of sp³-hybridized carbons (Fsp3) is 0.100. The Morgan fingerprint density at radius 1 is 1.10 bits per heavy atom. The summed E-state index contributed by atoms with van der Waals surface area (Å²) in [6, 6.07) is 8.63. The number of aromatic nitrogens is 4. The molecule has 0 atom stereocenters. The van der Waals surface area contributed by atoms with Crippen LogP contribution in [0.1, 0.15) is 21.7 Å². The van der Waals surface area contributed by atoms with Crippen molar-refractivity contribution in [3.8, 4) is 5.82 Å². The lowest BCUT2D eigenvalue weighted by Gasteiger charge is -2.09. The van der Waals surface area contributed by atoms with Crippen LogP contribution in [0.4, 0.5) is 19.0 Å². The number of aryl methyl sites for hydroxylation is 1. The number of rotatable bonds is 4. The maximum atomic E-state index is 13.7. The van der Waals surface area contributed by atoms with Gasteiger partial charge in [-0.2, -0.15) is 0 Å². The number of amides is 1. The van der Waals surface area contributed by atoms with Gasteiger partial charge in [0.15, 0.2) is 11.6 Å². The molecule has 0 aliphatic carbocycles. The molecule has 9 heteroatoms. The predicted molar refractivity (Wildman–Crippen MR) is 101 cm³/mol. The van der Waals surface area contributed by atoms with Gasteiger partial charge in [0.25, 0.3) is 5.91 Å². The van der Waals surface area contributed by atoms with Crippen LogP contribution in [0.3, 0.4) is 0 Å². The molecule has 0 aliphatic heterocycles. The van der Waals surface area contributed by atoms with Crippen LogP contribution in [0.2, 0.25) is 0 Å². The van der Waals surface area contributed by atoms with Crippen LogP contribution in [-0.4, -0.2) is 25.4 Å². The van der Waals surface area contributed by atoms with Crippen molar-refractivity contribution in [2.24, 2.45) is 0 Å². The summed E-state index contributed by atoms with van der Waals surface area (Å²) >= 11 is 0. The molecular weight excluding hydrogens is 383 g/mol. The van der Waals surface area contributed by atoms with Gasteiger partial charge < -0.3 is 5.32 Å². The van der Waals surface area contributed by atoms with E-state index in [2.05, 4.69) is 20.3 Å². The van der Waals surface area contributed by atoms with E-state index in [1.165, 1.54) is 17.0 Å². The van der Waals surface area contributed by atoms with Crippen molar-refractivity contribution >= 4 is 22.8 Å². The molecule has 2 heterocycles. The molecule has 0 aliphatic rings. The monoisotopic (exact) mass is 397 g/mol. The minimum Gasteiger partial charge on any atom is -0.305 e. The molecule has 1 amide bonds. The number of anilines is 1. The van der Waals surface area contributed by atoms with E-state index in [-0.39, 0.29) is 11.6 Å². The van der Waals surface area contributed by atoms with Gasteiger partial charge in [-0.15, -0.1) is 0 Å². The lowest BCUT2D eigenvalue weighted by molar-refractivity contribution is 0.101. The molecule has 0 bridgehead atoms. The van der Waals surface area contributed by atoms with Crippen molar-refractivity contribution in [1.82, 2.24) is 19.5 Å². The van der Waals surface area contributed by atoms with E-state index < -0.39 is 29.8 Å². The van der Waals surface area contributed by atoms with E-state index in [1.807, 2.05) is 19.1 Å². The number of nitrogens with zero attached hydrogens (tertiary/aromatic N) is 4. The standard InChI is InChI=1S/C20H14F3N5O/c1-11-5-6-15-14(7-11)26-17(8-21)28(15)18-10-24-16(9-25-18)27-20(29)19-12(22)3-2-4-13(19)23/h2-7,9-10H,8H2,1H3,(H,24,27,29). The van der Waals surface area contributed by atoms with E-state index in [4.69, 9.17) is 0 Å². The summed E-state index contributed by atoms with van der Waals surface area (Å²) in [5, 5.41) is 2.29. The van der Waals surface area contributed by atoms with Gasteiger partial charge in [0.2, 0.25) is 0 Å². The van der Waals surface area contributed by atoms with Gasteiger partial charge >= 0.3 is 0 Å². The van der Waals surface area contributed by atoms with Gasteiger partial charge in [0.05, 0.1) is 23.4 Å². The average Bonchev–Trinajstić information content (AvgIpc) is 3.06. The van der Waals surface area contributed by atoms with Crippen molar-refractivity contribution in [1.29, 1.82) is 0 Å². The Hall–Kier alpha value is -3.75. The average molecular weight is 397 g/mol. The highest BCUT2D eigenvalue weighted by molar-refractivity contribution is 6.04. The molecule has 4 aromatic rings. The highest BCUT2D eigenvalue weighted by Gasteiger charge is 2.18. The number of carbonyl (C=O) groups excluding carboxylic acids is 1. The fourth-order valence-electron chi connectivity index (χ4n) is 2.98. The molecule has 29 heavy (non-hydrogen) atoms. The molecule has 2 aromatic carbocycles. The molecule has 0 unspecified atom stereocenters. The van der Waals surface area contributed by atoms with Gasteiger partial charge in [-0.3, -0.25) is 9.36 Å². The summed E-state index contributed by atoms with van der Waals surface area (Å²) in [7, 11) is 0. The van der Waals surface area contributed by atoms with Crippen LogP contribution >= 0.6 is 0 Å². The Morgan fingerprint density at radius 2 is 1.86 bits per heavy atom. The molecule has 6 nitrogen and oxygen atoms in total. The van der Waals surface area contributed by atoms with Crippen LogP contribution in [0.15, 0.2) is 48.8 Å². The van der Waals surface area contributed by atoms with Crippen LogP contribution in [0.5, 0.6) is 0 Å². The number of nitrogens with one attached hydrogen (secondary N) is 1. The fourth-order valence-corrected chi connectivity index (χ4v) is 2.98. The molecular formula is C20H14F3N5O. The van der Waals surface area contributed by atoms with Gasteiger partial charge in [-0.05, 0) is 36.8 Å². The third-order valence-corrected chi connectivity index (χ3v) is 4.30. The van der Waals surface area contributed by atoms with Crippen LogP contribution < -0.4 is 5.32 Å². The molecule has 0 radical (unpaired) electrons. The number of hydrogen-bond donors (Lipinski definition) is 1. The van der Waals surface area contributed by atoms with Crippen molar-refractivity contribution in [3.63, 3.8) is 0 Å². The van der Waals surface area contributed by atoms with Crippen LogP contribution in [0.25, 0.3) is 16.9 Å². The zero-order chi connectivity index (χ0) is 20.5. The Bertz CT molecular complexity index is 1200. The first kappa shape index (κ1) is 18.6. The van der Waals surface area contributed by atoms with Crippen molar-refractivity contribution in [3.05, 3.63) is 77.4 Å². The number of halogens is 3. The Labute approximate surface area is 163 Å². The molecule has 1 N–H and O–H groups in total. The van der Waals surface area contributed by atoms with Gasteiger partial charge in [-0.1, -0.05) is 12.1 Å². The number of carbonyl (C=O) groups is 1. The number of alkyl halides is 1. The lowest BCUT2D eigenvalue weighted by Crippen LogP contribution is -2.17. The summed E-state index contributed by atoms with van der Waals surface area (Å²) < 4.78 is 42.4. The number of imidazole rings is 1. The molecule has 0 saturated heterocycles. The highest BCUT2D eigenvalue weighted by atomic mass is 19.1. The van der Waals surface area contributed by atoms with Gasteiger partial charge in [-0.25, -0.2) is 28.1 Å². The quantitative estimate of drug-likeness (QED) is 0.562. The number of benzene rings is 2. The van der Waals surface area contributed by atoms with Crippen LogP contribution in [0, 0.1) is 18.6 Å². The van der Waals surface area contributed by atoms with E-state index in [9.17, 15) is 18.0 Å². The maximum Gasteiger partial charge on any atom is 0.262 e.